The predicted octanol–water partition coefficient (Wildman–Crippen LogP) is 3.13. The lowest BCUT2D eigenvalue weighted by Crippen LogP contribution is -2.39. The van der Waals surface area contributed by atoms with E-state index in [0.29, 0.717) is 30.9 Å². The highest BCUT2D eigenvalue weighted by atomic mass is 16.5. The van der Waals surface area contributed by atoms with E-state index in [-0.39, 0.29) is 12.5 Å². The fourth-order valence-electron chi connectivity index (χ4n) is 4.17. The molecule has 6 nitrogen and oxygen atoms in total. The van der Waals surface area contributed by atoms with E-state index in [4.69, 9.17) is 4.74 Å². The Morgan fingerprint density at radius 2 is 2.12 bits per heavy atom. The summed E-state index contributed by atoms with van der Waals surface area (Å²) in [6.07, 6.45) is 5.30. The van der Waals surface area contributed by atoms with E-state index in [9.17, 15) is 9.90 Å². The highest BCUT2D eigenvalue weighted by molar-refractivity contribution is 5.98. The molecule has 1 atom stereocenters. The van der Waals surface area contributed by atoms with Crippen LogP contribution in [0.25, 0.3) is 10.9 Å². The average molecular weight is 446 g/mol. The first-order chi connectivity index (χ1) is 16.0. The Morgan fingerprint density at radius 1 is 1.27 bits per heavy atom. The van der Waals surface area contributed by atoms with E-state index >= 15 is 0 Å². The molecule has 3 aromatic rings. The van der Waals surface area contributed by atoms with Crippen molar-refractivity contribution in [2.24, 2.45) is 0 Å². The van der Waals surface area contributed by atoms with Gasteiger partial charge in [-0.2, -0.15) is 0 Å². The Labute approximate surface area is 194 Å². The maximum atomic E-state index is 13.4. The summed E-state index contributed by atoms with van der Waals surface area (Å²) in [5.74, 6) is 6.73. The van der Waals surface area contributed by atoms with Gasteiger partial charge in [-0.25, -0.2) is 0 Å². The van der Waals surface area contributed by atoms with Crippen molar-refractivity contribution in [2.45, 2.75) is 31.7 Å². The van der Waals surface area contributed by atoms with E-state index < -0.39 is 6.04 Å². The first-order valence-corrected chi connectivity index (χ1v) is 11.4. The first-order valence-electron chi connectivity index (χ1n) is 11.4. The van der Waals surface area contributed by atoms with Gasteiger partial charge in [-0.15, -0.1) is 0 Å². The Kier molecular flexibility index (Phi) is 7.33. The fourth-order valence-corrected chi connectivity index (χ4v) is 4.17. The Morgan fingerprint density at radius 3 is 2.94 bits per heavy atom. The number of ether oxygens (including phenoxy) is 1. The summed E-state index contributed by atoms with van der Waals surface area (Å²) in [5, 5.41) is 14.1. The van der Waals surface area contributed by atoms with Gasteiger partial charge in [0.1, 0.15) is 5.75 Å². The summed E-state index contributed by atoms with van der Waals surface area (Å²) in [4.78, 5) is 18.6. The zero-order valence-electron chi connectivity index (χ0n) is 19.3. The molecule has 33 heavy (non-hydrogen) atoms. The molecule has 4 rings (SSSR count). The quantitative estimate of drug-likeness (QED) is 0.510. The van der Waals surface area contributed by atoms with Crippen LogP contribution in [-0.2, 0) is 12.8 Å². The van der Waals surface area contributed by atoms with Gasteiger partial charge in [0, 0.05) is 22.7 Å². The standard InChI is InChI=1S/C27H31N3O3/c1-30(2)12-7-8-19-14-20-9-5-6-13-33-26(20)24(15-19)27(32)29-22(18-31)16-21-17-28-25-11-4-3-10-23(21)25/h3-4,10-11,14-15,17,22,28,31H,5-6,9,12-13,16,18H2,1-2H3,(H,29,32)/t22-/m1/s1. The number of hydrogen-bond donors (Lipinski definition) is 3. The molecule has 0 saturated heterocycles. The minimum Gasteiger partial charge on any atom is -0.492 e. The predicted molar refractivity (Wildman–Crippen MR) is 131 cm³/mol. The van der Waals surface area contributed by atoms with E-state index in [1.807, 2.05) is 61.6 Å². The molecule has 0 aliphatic carbocycles. The molecule has 0 unspecified atom stereocenters. The number of fused-ring (bicyclic) bond motifs is 2. The number of para-hydroxylation sites is 1. The summed E-state index contributed by atoms with van der Waals surface area (Å²) in [7, 11) is 3.95. The number of nitrogens with one attached hydrogen (secondary N) is 2. The summed E-state index contributed by atoms with van der Waals surface area (Å²) in [6.45, 7) is 1.08. The lowest BCUT2D eigenvalue weighted by atomic mass is 9.99. The van der Waals surface area contributed by atoms with Crippen molar-refractivity contribution in [3.8, 4) is 17.6 Å². The van der Waals surface area contributed by atoms with Crippen LogP contribution in [-0.4, -0.2) is 60.8 Å². The van der Waals surface area contributed by atoms with Gasteiger partial charge in [0.15, 0.2) is 0 Å². The van der Waals surface area contributed by atoms with Crippen molar-refractivity contribution in [3.63, 3.8) is 0 Å². The number of carbonyl (C=O) groups is 1. The molecule has 1 amide bonds. The average Bonchev–Trinajstić information content (AvgIpc) is 3.05. The Bertz CT molecular complexity index is 1190. The Balaban J connectivity index is 1.59. The zero-order chi connectivity index (χ0) is 23.2. The van der Waals surface area contributed by atoms with Gasteiger partial charge in [-0.05, 0) is 69.1 Å². The molecule has 0 fully saturated rings. The van der Waals surface area contributed by atoms with E-state index in [1.54, 1.807) is 0 Å². The summed E-state index contributed by atoms with van der Waals surface area (Å²) in [5.41, 5.74) is 4.41. The highest BCUT2D eigenvalue weighted by Gasteiger charge is 2.22. The van der Waals surface area contributed by atoms with Crippen LogP contribution in [0.1, 0.15) is 39.9 Å². The molecule has 3 N–H and O–H groups in total. The highest BCUT2D eigenvalue weighted by Crippen LogP contribution is 2.30. The van der Waals surface area contributed by atoms with Gasteiger partial charge in [0.05, 0.1) is 31.4 Å². The van der Waals surface area contributed by atoms with Crippen LogP contribution in [0.15, 0.2) is 42.6 Å². The van der Waals surface area contributed by atoms with E-state index in [1.165, 1.54) is 0 Å². The maximum absolute atomic E-state index is 13.4. The second kappa shape index (κ2) is 10.6. The van der Waals surface area contributed by atoms with Crippen molar-refractivity contribution in [3.05, 3.63) is 64.8 Å². The lowest BCUT2D eigenvalue weighted by Gasteiger charge is -2.19. The number of hydrogen-bond acceptors (Lipinski definition) is 4. The van der Waals surface area contributed by atoms with Gasteiger partial charge in [-0.1, -0.05) is 30.0 Å². The van der Waals surface area contributed by atoms with Gasteiger partial charge in [-0.3, -0.25) is 9.69 Å². The van der Waals surface area contributed by atoms with Gasteiger partial charge in [0.2, 0.25) is 0 Å². The topological polar surface area (TPSA) is 77.6 Å². The SMILES string of the molecule is CN(C)CC#Cc1cc2c(c(C(=O)N[C@@H](CO)Cc3c[nH]c4ccccc34)c1)OCCCC2. The molecular weight excluding hydrogens is 414 g/mol. The molecule has 2 aromatic carbocycles. The third-order valence-corrected chi connectivity index (χ3v) is 5.82. The van der Waals surface area contributed by atoms with Crippen LogP contribution in [0.5, 0.6) is 5.75 Å². The number of H-pyrrole nitrogens is 1. The molecule has 0 bridgehead atoms. The second-order valence-electron chi connectivity index (χ2n) is 8.77. The van der Waals surface area contributed by atoms with E-state index in [2.05, 4.69) is 22.1 Å². The summed E-state index contributed by atoms with van der Waals surface area (Å²) in [6, 6.07) is 11.5. The minimum absolute atomic E-state index is 0.156. The molecule has 0 radical (unpaired) electrons. The van der Waals surface area contributed by atoms with Crippen LogP contribution in [0.3, 0.4) is 0 Å². The van der Waals surface area contributed by atoms with Crippen molar-refractivity contribution >= 4 is 16.8 Å². The number of aliphatic hydroxyl groups is 1. The molecule has 6 heteroatoms. The van der Waals surface area contributed by atoms with Crippen molar-refractivity contribution < 1.29 is 14.6 Å². The molecule has 0 saturated carbocycles. The zero-order valence-corrected chi connectivity index (χ0v) is 19.3. The summed E-state index contributed by atoms with van der Waals surface area (Å²) < 4.78 is 5.99. The third-order valence-electron chi connectivity index (χ3n) is 5.82. The lowest BCUT2D eigenvalue weighted by molar-refractivity contribution is 0.0912. The monoisotopic (exact) mass is 445 g/mol. The number of nitrogens with zero attached hydrogens (tertiary/aromatic N) is 1. The minimum atomic E-state index is -0.415. The molecule has 2 heterocycles. The molecule has 0 spiro atoms. The number of aromatic amines is 1. The fraction of sp³-hybridized carbons (Fsp3) is 0.370. The smallest absolute Gasteiger partial charge is 0.255 e. The van der Waals surface area contributed by atoms with Crippen LogP contribution in [0.4, 0.5) is 0 Å². The first kappa shape index (κ1) is 22.9. The number of benzene rings is 2. The van der Waals surface area contributed by atoms with Crippen LogP contribution < -0.4 is 10.1 Å². The Hall–Kier alpha value is -3.27. The largest absolute Gasteiger partial charge is 0.492 e. The number of aryl methyl sites for hydroxylation is 1. The van der Waals surface area contributed by atoms with Crippen molar-refractivity contribution in [1.29, 1.82) is 0 Å². The number of amides is 1. The molecule has 1 aliphatic heterocycles. The number of rotatable bonds is 6. The van der Waals surface area contributed by atoms with Crippen molar-refractivity contribution in [2.75, 3.05) is 33.9 Å². The van der Waals surface area contributed by atoms with Crippen LogP contribution in [0.2, 0.25) is 0 Å². The third kappa shape index (κ3) is 5.57. The number of carbonyl (C=O) groups excluding carboxylic acids is 1. The molecule has 172 valence electrons. The molecule has 1 aliphatic rings. The van der Waals surface area contributed by atoms with Crippen LogP contribution in [0, 0.1) is 11.8 Å². The number of aromatic nitrogens is 1. The maximum Gasteiger partial charge on any atom is 0.255 e. The van der Waals surface area contributed by atoms with Crippen molar-refractivity contribution in [1.82, 2.24) is 15.2 Å². The second-order valence-corrected chi connectivity index (χ2v) is 8.77. The molecule has 1 aromatic heterocycles. The van der Waals surface area contributed by atoms with E-state index in [0.717, 1.165) is 46.9 Å². The van der Waals surface area contributed by atoms with Gasteiger partial charge >= 0.3 is 0 Å². The molecular formula is C27H31N3O3. The normalized spacial score (nSPS) is 14.1. The van der Waals surface area contributed by atoms with Crippen LogP contribution >= 0.6 is 0 Å². The van der Waals surface area contributed by atoms with Gasteiger partial charge < -0.3 is 20.1 Å². The van der Waals surface area contributed by atoms with Gasteiger partial charge in [0.25, 0.3) is 5.91 Å². The number of aliphatic hydroxyl groups excluding tert-OH is 1. The summed E-state index contributed by atoms with van der Waals surface area (Å²) >= 11 is 0.